The molecule has 0 aliphatic carbocycles. The Labute approximate surface area is 206 Å². The van der Waals surface area contributed by atoms with E-state index in [9.17, 15) is 18.0 Å². The zero-order chi connectivity index (χ0) is 25.0. The zero-order valence-corrected chi connectivity index (χ0v) is 19.7. The molecule has 1 atom stereocenters. The molecule has 1 saturated heterocycles. The van der Waals surface area contributed by atoms with Gasteiger partial charge in [0.2, 0.25) is 5.43 Å². The lowest BCUT2D eigenvalue weighted by atomic mass is 10.0. The molecule has 0 unspecified atom stereocenters. The van der Waals surface area contributed by atoms with Gasteiger partial charge >= 0.3 is 6.18 Å². The first kappa shape index (κ1) is 22.7. The Morgan fingerprint density at radius 3 is 2.69 bits per heavy atom. The molecule has 0 radical (unpaired) electrons. The summed E-state index contributed by atoms with van der Waals surface area (Å²) in [5, 5.41) is 5.44. The molecule has 1 fully saturated rings. The molecular formula is C25H18F3N5O2S. The molecule has 5 aromatic heterocycles. The summed E-state index contributed by atoms with van der Waals surface area (Å²) >= 11 is 1.41. The lowest BCUT2D eigenvalue weighted by molar-refractivity contribution is -0.141. The summed E-state index contributed by atoms with van der Waals surface area (Å²) in [5.41, 5.74) is 1.23. The molecule has 0 bridgehead atoms. The number of hydrogen-bond acceptors (Lipinski definition) is 7. The molecule has 5 aromatic rings. The third kappa shape index (κ3) is 3.94. The predicted octanol–water partition coefficient (Wildman–Crippen LogP) is 5.28. The van der Waals surface area contributed by atoms with Crippen LogP contribution in [-0.4, -0.2) is 37.9 Å². The SMILES string of the molecule is Cc1ccc2c(n1)c(=O)c(-c1cc3cnc([C@H]4CCOC4)cc3s1)nn2-c1ccc(C(F)(F)F)nc1. The van der Waals surface area contributed by atoms with Crippen LogP contribution in [0.3, 0.4) is 0 Å². The van der Waals surface area contributed by atoms with E-state index in [0.29, 0.717) is 29.3 Å². The molecule has 0 N–H and O–H groups in total. The van der Waals surface area contributed by atoms with Crippen LogP contribution in [0.5, 0.6) is 0 Å². The molecule has 182 valence electrons. The Hall–Kier alpha value is -3.70. The number of hydrogen-bond donors (Lipinski definition) is 0. The lowest BCUT2D eigenvalue weighted by Gasteiger charge is -2.12. The van der Waals surface area contributed by atoms with Crippen LogP contribution < -0.4 is 5.43 Å². The number of aromatic nitrogens is 5. The van der Waals surface area contributed by atoms with Gasteiger partial charge in [-0.25, -0.2) is 14.6 Å². The summed E-state index contributed by atoms with van der Waals surface area (Å²) in [6, 6.07) is 9.44. The van der Waals surface area contributed by atoms with Crippen LogP contribution in [0.25, 0.3) is 37.4 Å². The quantitative estimate of drug-likeness (QED) is 0.329. The molecule has 1 aliphatic heterocycles. The summed E-state index contributed by atoms with van der Waals surface area (Å²) in [7, 11) is 0. The van der Waals surface area contributed by atoms with E-state index in [1.54, 1.807) is 25.3 Å². The van der Waals surface area contributed by atoms with Crippen LogP contribution in [0.4, 0.5) is 13.2 Å². The Bertz CT molecular complexity index is 1670. The number of pyridine rings is 3. The van der Waals surface area contributed by atoms with Crippen LogP contribution in [0, 0.1) is 6.92 Å². The summed E-state index contributed by atoms with van der Waals surface area (Å²) in [6.45, 7) is 3.12. The number of thiophene rings is 1. The molecule has 0 amide bonds. The number of halogens is 3. The smallest absolute Gasteiger partial charge is 0.381 e. The maximum Gasteiger partial charge on any atom is 0.433 e. The van der Waals surface area contributed by atoms with Crippen molar-refractivity contribution in [2.45, 2.75) is 25.4 Å². The normalized spacial score (nSPS) is 16.3. The molecular weight excluding hydrogens is 491 g/mol. The minimum Gasteiger partial charge on any atom is -0.381 e. The van der Waals surface area contributed by atoms with Crippen molar-refractivity contribution in [3.8, 4) is 16.3 Å². The van der Waals surface area contributed by atoms with E-state index >= 15 is 0 Å². The first-order valence-corrected chi connectivity index (χ1v) is 12.0. The summed E-state index contributed by atoms with van der Waals surface area (Å²) in [5.74, 6) is 0.246. The minimum absolute atomic E-state index is 0.160. The van der Waals surface area contributed by atoms with Crippen molar-refractivity contribution in [1.82, 2.24) is 24.7 Å². The van der Waals surface area contributed by atoms with E-state index in [2.05, 4.69) is 20.1 Å². The monoisotopic (exact) mass is 509 g/mol. The second-order valence-electron chi connectivity index (χ2n) is 8.63. The maximum absolute atomic E-state index is 13.5. The Morgan fingerprint density at radius 2 is 1.97 bits per heavy atom. The predicted molar refractivity (Wildman–Crippen MR) is 129 cm³/mol. The fourth-order valence-corrected chi connectivity index (χ4v) is 5.35. The first-order valence-electron chi connectivity index (χ1n) is 11.2. The number of ether oxygens (including phenoxy) is 1. The van der Waals surface area contributed by atoms with Crippen molar-refractivity contribution in [1.29, 1.82) is 0 Å². The van der Waals surface area contributed by atoms with Gasteiger partial charge in [-0.1, -0.05) is 0 Å². The molecule has 1 aliphatic rings. The fraction of sp³-hybridized carbons (Fsp3) is 0.240. The van der Waals surface area contributed by atoms with Crippen molar-refractivity contribution in [2.24, 2.45) is 0 Å². The highest BCUT2D eigenvalue weighted by Gasteiger charge is 2.32. The highest BCUT2D eigenvalue weighted by atomic mass is 32.1. The second kappa shape index (κ2) is 8.45. The van der Waals surface area contributed by atoms with E-state index in [1.165, 1.54) is 22.1 Å². The third-order valence-corrected chi connectivity index (χ3v) is 7.26. The average molecular weight is 510 g/mol. The van der Waals surface area contributed by atoms with Gasteiger partial charge in [0, 0.05) is 40.2 Å². The van der Waals surface area contributed by atoms with Crippen LogP contribution in [0.15, 0.2) is 53.6 Å². The lowest BCUT2D eigenvalue weighted by Crippen LogP contribution is -2.17. The molecule has 0 saturated carbocycles. The highest BCUT2D eigenvalue weighted by Crippen LogP contribution is 2.34. The number of aryl methyl sites for hydroxylation is 1. The van der Waals surface area contributed by atoms with Gasteiger partial charge in [0.15, 0.2) is 5.69 Å². The van der Waals surface area contributed by atoms with E-state index < -0.39 is 11.9 Å². The van der Waals surface area contributed by atoms with Gasteiger partial charge in [0.1, 0.15) is 11.2 Å². The molecule has 6 heterocycles. The largest absolute Gasteiger partial charge is 0.433 e. The van der Waals surface area contributed by atoms with Gasteiger partial charge in [-0.15, -0.1) is 11.3 Å². The Kier molecular flexibility index (Phi) is 5.34. The summed E-state index contributed by atoms with van der Waals surface area (Å²) < 4.78 is 47.0. The number of alkyl halides is 3. The van der Waals surface area contributed by atoms with Crippen LogP contribution in [0.2, 0.25) is 0 Å². The van der Waals surface area contributed by atoms with Crippen molar-refractivity contribution < 1.29 is 17.9 Å². The summed E-state index contributed by atoms with van der Waals surface area (Å²) in [6.07, 6.45) is -0.769. The van der Waals surface area contributed by atoms with Crippen molar-refractivity contribution in [3.63, 3.8) is 0 Å². The van der Waals surface area contributed by atoms with Crippen molar-refractivity contribution >= 4 is 32.5 Å². The van der Waals surface area contributed by atoms with Gasteiger partial charge in [-0.3, -0.25) is 9.78 Å². The number of rotatable bonds is 3. The van der Waals surface area contributed by atoms with Gasteiger partial charge in [-0.2, -0.15) is 18.3 Å². The van der Waals surface area contributed by atoms with E-state index in [0.717, 1.165) is 34.5 Å². The zero-order valence-electron chi connectivity index (χ0n) is 18.9. The van der Waals surface area contributed by atoms with Crippen LogP contribution in [0.1, 0.15) is 29.4 Å². The molecule has 6 rings (SSSR count). The van der Waals surface area contributed by atoms with Gasteiger partial charge < -0.3 is 4.74 Å². The van der Waals surface area contributed by atoms with Crippen molar-refractivity contribution in [3.05, 3.63) is 76.1 Å². The van der Waals surface area contributed by atoms with E-state index in [4.69, 9.17) is 4.74 Å². The third-order valence-electron chi connectivity index (χ3n) is 6.16. The van der Waals surface area contributed by atoms with Crippen LogP contribution >= 0.6 is 11.3 Å². The molecule has 0 spiro atoms. The van der Waals surface area contributed by atoms with Gasteiger partial charge in [0.05, 0.1) is 28.9 Å². The molecule has 11 heteroatoms. The summed E-state index contributed by atoms with van der Waals surface area (Å²) in [4.78, 5) is 26.7. The van der Waals surface area contributed by atoms with E-state index in [-0.39, 0.29) is 28.2 Å². The van der Waals surface area contributed by atoms with Crippen LogP contribution in [-0.2, 0) is 10.9 Å². The molecule has 7 nitrogen and oxygen atoms in total. The van der Waals surface area contributed by atoms with E-state index in [1.807, 2.05) is 12.1 Å². The minimum atomic E-state index is -4.56. The highest BCUT2D eigenvalue weighted by molar-refractivity contribution is 7.22. The molecule has 36 heavy (non-hydrogen) atoms. The average Bonchev–Trinajstić information content (AvgIpc) is 3.54. The second-order valence-corrected chi connectivity index (χ2v) is 9.71. The first-order chi connectivity index (χ1) is 17.3. The van der Waals surface area contributed by atoms with Gasteiger partial charge in [0.25, 0.3) is 0 Å². The Balaban J connectivity index is 1.52. The molecule has 0 aromatic carbocycles. The standard InChI is InChI=1S/C25H18F3N5O2S/c1-13-2-4-18-22(31-13)24(34)23(32-33(18)16-3-5-21(30-11-16)25(26,27)28)20-8-15-10-29-17(9-19(15)36-20)14-6-7-35-12-14/h2-5,8-11,14H,6-7,12H2,1H3/t14-/m0/s1. The van der Waals surface area contributed by atoms with Gasteiger partial charge in [-0.05, 0) is 49.7 Å². The number of fused-ring (bicyclic) bond motifs is 2. The topological polar surface area (TPSA) is 82.8 Å². The van der Waals surface area contributed by atoms with Crippen molar-refractivity contribution in [2.75, 3.05) is 13.2 Å². The fourth-order valence-electron chi connectivity index (χ4n) is 4.29. The maximum atomic E-state index is 13.5. The number of nitrogens with zero attached hydrogens (tertiary/aromatic N) is 5. The Morgan fingerprint density at radius 1 is 1.11 bits per heavy atom.